The summed E-state index contributed by atoms with van der Waals surface area (Å²) in [5, 5.41) is 10.7. The normalized spacial score (nSPS) is 11.1. The lowest BCUT2D eigenvalue weighted by atomic mass is 10.1. The van der Waals surface area contributed by atoms with E-state index in [4.69, 9.17) is 4.52 Å². The topological polar surface area (TPSA) is 65.7 Å². The Morgan fingerprint density at radius 3 is 2.50 bits per heavy atom. The van der Waals surface area contributed by atoms with Crippen molar-refractivity contribution < 1.29 is 8.91 Å². The van der Waals surface area contributed by atoms with E-state index >= 15 is 0 Å². The number of anilines is 1. The van der Waals surface area contributed by atoms with Crippen molar-refractivity contribution in [2.75, 3.05) is 25.5 Å². The SMILES string of the molecule is CCNC(=NCc1ccc(N(C)C)c(F)c1)NCc1c(CC)noc1CC.I. The van der Waals surface area contributed by atoms with E-state index < -0.39 is 0 Å². The molecule has 0 radical (unpaired) electrons. The molecule has 0 unspecified atom stereocenters. The van der Waals surface area contributed by atoms with Gasteiger partial charge in [-0.1, -0.05) is 25.1 Å². The van der Waals surface area contributed by atoms with Gasteiger partial charge in [0.15, 0.2) is 5.96 Å². The van der Waals surface area contributed by atoms with Crippen molar-refractivity contribution in [3.8, 4) is 0 Å². The number of rotatable bonds is 8. The van der Waals surface area contributed by atoms with Crippen LogP contribution in [-0.2, 0) is 25.9 Å². The van der Waals surface area contributed by atoms with Crippen LogP contribution in [0.2, 0.25) is 0 Å². The second-order valence-electron chi connectivity index (χ2n) is 6.47. The molecule has 0 aliphatic heterocycles. The molecule has 28 heavy (non-hydrogen) atoms. The van der Waals surface area contributed by atoms with Crippen LogP contribution < -0.4 is 15.5 Å². The second-order valence-corrected chi connectivity index (χ2v) is 6.47. The summed E-state index contributed by atoms with van der Waals surface area (Å²) in [7, 11) is 3.65. The number of benzene rings is 1. The minimum Gasteiger partial charge on any atom is -0.375 e. The monoisotopic (exact) mass is 503 g/mol. The number of aryl methyl sites for hydroxylation is 2. The second kappa shape index (κ2) is 11.9. The fourth-order valence-electron chi connectivity index (χ4n) is 2.83. The van der Waals surface area contributed by atoms with Crippen LogP contribution in [0, 0.1) is 5.82 Å². The lowest BCUT2D eigenvalue weighted by Gasteiger charge is -2.14. The smallest absolute Gasteiger partial charge is 0.191 e. The number of nitrogens with zero attached hydrogens (tertiary/aromatic N) is 3. The molecule has 2 aromatic rings. The molecule has 0 fully saturated rings. The summed E-state index contributed by atoms with van der Waals surface area (Å²) in [6.45, 7) is 7.85. The molecule has 6 nitrogen and oxygen atoms in total. The molecule has 1 aromatic carbocycles. The highest BCUT2D eigenvalue weighted by Crippen LogP contribution is 2.19. The van der Waals surface area contributed by atoms with E-state index in [1.165, 1.54) is 6.07 Å². The zero-order valence-corrected chi connectivity index (χ0v) is 19.6. The van der Waals surface area contributed by atoms with Gasteiger partial charge >= 0.3 is 0 Å². The van der Waals surface area contributed by atoms with Crippen molar-refractivity contribution in [2.45, 2.75) is 46.7 Å². The van der Waals surface area contributed by atoms with Gasteiger partial charge in [-0.2, -0.15) is 0 Å². The molecular formula is C20H31FIN5O. The number of guanidine groups is 1. The number of hydrogen-bond donors (Lipinski definition) is 2. The van der Waals surface area contributed by atoms with Crippen molar-refractivity contribution >= 4 is 35.6 Å². The molecule has 0 amide bonds. The Labute approximate surface area is 184 Å². The lowest BCUT2D eigenvalue weighted by molar-refractivity contribution is 0.380. The number of nitrogens with one attached hydrogen (secondary N) is 2. The van der Waals surface area contributed by atoms with Gasteiger partial charge in [-0.25, -0.2) is 9.38 Å². The Morgan fingerprint density at radius 1 is 1.18 bits per heavy atom. The fraction of sp³-hybridized carbons (Fsp3) is 0.500. The van der Waals surface area contributed by atoms with Crippen molar-refractivity contribution in [1.82, 2.24) is 15.8 Å². The van der Waals surface area contributed by atoms with Gasteiger partial charge < -0.3 is 20.1 Å². The number of halogens is 2. The predicted octanol–water partition coefficient (Wildman–Crippen LogP) is 3.88. The average Bonchev–Trinajstić information content (AvgIpc) is 3.05. The van der Waals surface area contributed by atoms with Crippen molar-refractivity contribution in [1.29, 1.82) is 0 Å². The quantitative estimate of drug-likeness (QED) is 0.325. The third-order valence-electron chi connectivity index (χ3n) is 4.30. The van der Waals surface area contributed by atoms with Gasteiger partial charge in [-0.15, -0.1) is 24.0 Å². The van der Waals surface area contributed by atoms with Crippen LogP contribution in [0.25, 0.3) is 0 Å². The third kappa shape index (κ3) is 6.35. The molecular weight excluding hydrogens is 472 g/mol. The summed E-state index contributed by atoms with van der Waals surface area (Å²) in [6.07, 6.45) is 1.63. The van der Waals surface area contributed by atoms with Crippen LogP contribution in [0.5, 0.6) is 0 Å². The first kappa shape index (κ1) is 24.2. The van der Waals surface area contributed by atoms with E-state index in [0.29, 0.717) is 24.7 Å². The zero-order chi connectivity index (χ0) is 19.8. The maximum Gasteiger partial charge on any atom is 0.191 e. The summed E-state index contributed by atoms with van der Waals surface area (Å²) in [4.78, 5) is 6.33. The van der Waals surface area contributed by atoms with Gasteiger partial charge in [0.25, 0.3) is 0 Å². The minimum atomic E-state index is -0.240. The summed E-state index contributed by atoms with van der Waals surface area (Å²) < 4.78 is 19.5. The van der Waals surface area contributed by atoms with E-state index in [-0.39, 0.29) is 29.8 Å². The van der Waals surface area contributed by atoms with Crippen LogP contribution in [0.3, 0.4) is 0 Å². The van der Waals surface area contributed by atoms with Crippen LogP contribution >= 0.6 is 24.0 Å². The molecule has 1 aromatic heterocycles. The van der Waals surface area contributed by atoms with Crippen LogP contribution in [0.15, 0.2) is 27.7 Å². The number of aliphatic imine (C=N–C) groups is 1. The summed E-state index contributed by atoms with van der Waals surface area (Å²) in [5.74, 6) is 1.34. The first-order chi connectivity index (χ1) is 13.0. The van der Waals surface area contributed by atoms with Gasteiger partial charge in [-0.3, -0.25) is 0 Å². The predicted molar refractivity (Wildman–Crippen MR) is 123 cm³/mol. The average molecular weight is 503 g/mol. The van der Waals surface area contributed by atoms with E-state index in [1.807, 2.05) is 27.1 Å². The van der Waals surface area contributed by atoms with Gasteiger partial charge in [-0.05, 0) is 31.0 Å². The molecule has 0 atom stereocenters. The molecule has 2 N–H and O–H groups in total. The van der Waals surface area contributed by atoms with E-state index in [2.05, 4.69) is 34.6 Å². The maximum absolute atomic E-state index is 14.1. The third-order valence-corrected chi connectivity index (χ3v) is 4.30. The Bertz CT molecular complexity index is 754. The molecule has 0 aliphatic carbocycles. The van der Waals surface area contributed by atoms with Gasteiger partial charge in [0.1, 0.15) is 11.6 Å². The lowest BCUT2D eigenvalue weighted by Crippen LogP contribution is -2.37. The number of aromatic nitrogens is 1. The van der Waals surface area contributed by atoms with E-state index in [9.17, 15) is 4.39 Å². The molecule has 0 saturated heterocycles. The molecule has 0 saturated carbocycles. The molecule has 0 bridgehead atoms. The Kier molecular flexibility index (Phi) is 10.3. The molecule has 156 valence electrons. The largest absolute Gasteiger partial charge is 0.375 e. The van der Waals surface area contributed by atoms with Crippen LogP contribution in [0.1, 0.15) is 43.4 Å². The highest BCUT2D eigenvalue weighted by molar-refractivity contribution is 14.0. The van der Waals surface area contributed by atoms with Gasteiger partial charge in [0.2, 0.25) is 0 Å². The highest BCUT2D eigenvalue weighted by atomic mass is 127. The van der Waals surface area contributed by atoms with Crippen molar-refractivity contribution in [2.24, 2.45) is 4.99 Å². The molecule has 0 spiro atoms. The first-order valence-corrected chi connectivity index (χ1v) is 9.44. The minimum absolute atomic E-state index is 0. The Balaban J connectivity index is 0.00000392. The standard InChI is InChI=1S/C20H30FN5O.HI/c1-6-17-15(19(7-2)27-25-17)13-24-20(22-8-3)23-12-14-9-10-18(26(4)5)16(21)11-14;/h9-11H,6-8,12-13H2,1-5H3,(H2,22,23,24);1H. The maximum atomic E-state index is 14.1. The van der Waals surface area contributed by atoms with Crippen LogP contribution in [-0.4, -0.2) is 31.8 Å². The van der Waals surface area contributed by atoms with Crippen molar-refractivity contribution in [3.05, 3.63) is 46.6 Å². The molecule has 1 heterocycles. The number of hydrogen-bond acceptors (Lipinski definition) is 4. The first-order valence-electron chi connectivity index (χ1n) is 9.44. The highest BCUT2D eigenvalue weighted by Gasteiger charge is 2.13. The van der Waals surface area contributed by atoms with E-state index in [0.717, 1.165) is 42.0 Å². The Morgan fingerprint density at radius 2 is 1.93 bits per heavy atom. The van der Waals surface area contributed by atoms with Crippen molar-refractivity contribution in [3.63, 3.8) is 0 Å². The zero-order valence-electron chi connectivity index (χ0n) is 17.3. The molecule has 2 rings (SSSR count). The summed E-state index contributed by atoms with van der Waals surface area (Å²) in [6, 6.07) is 5.21. The van der Waals surface area contributed by atoms with E-state index in [1.54, 1.807) is 11.0 Å². The Hall–Kier alpha value is -1.84. The fourth-order valence-corrected chi connectivity index (χ4v) is 2.83. The molecule has 8 heteroatoms. The van der Waals surface area contributed by atoms with Crippen LogP contribution in [0.4, 0.5) is 10.1 Å². The molecule has 0 aliphatic rings. The summed E-state index contributed by atoms with van der Waals surface area (Å²) in [5.41, 5.74) is 3.45. The summed E-state index contributed by atoms with van der Waals surface area (Å²) >= 11 is 0. The van der Waals surface area contributed by atoms with Gasteiger partial charge in [0, 0.05) is 39.2 Å². The van der Waals surface area contributed by atoms with Gasteiger partial charge in [0.05, 0.1) is 17.9 Å².